The zero-order valence-corrected chi connectivity index (χ0v) is 43.3. The van der Waals surface area contributed by atoms with Crippen LogP contribution in [0.1, 0.15) is 178 Å². The fourth-order valence-corrected chi connectivity index (χ4v) is 6.65. The molecule has 6 N–H and O–H groups in total. The van der Waals surface area contributed by atoms with Crippen molar-refractivity contribution in [3.05, 3.63) is 115 Å². The molecule has 0 saturated carbocycles. The van der Waals surface area contributed by atoms with Gasteiger partial charge in [0.05, 0.1) is 0 Å². The molecule has 8 heteroatoms. The first-order valence-corrected chi connectivity index (χ1v) is 20.8. The lowest BCUT2D eigenvalue weighted by Crippen LogP contribution is -2.14. The molecule has 4 rings (SSSR count). The van der Waals surface area contributed by atoms with E-state index in [9.17, 15) is 20.4 Å². The summed E-state index contributed by atoms with van der Waals surface area (Å²) in [6, 6.07) is 16.3. The summed E-state index contributed by atoms with van der Waals surface area (Å²) in [4.78, 5) is 0. The van der Waals surface area contributed by atoms with Crippen LogP contribution in [-0.4, -0.2) is 77.6 Å². The Hall–Kier alpha value is -2.94. The number of benzene rings is 4. The Balaban J connectivity index is 0. The molecule has 0 bridgehead atoms. The minimum Gasteiger partial charge on any atom is -0.507 e. The van der Waals surface area contributed by atoms with Gasteiger partial charge in [-0.05, 0) is 122 Å². The van der Waals surface area contributed by atoms with E-state index in [4.69, 9.17) is 10.2 Å². The van der Waals surface area contributed by atoms with Gasteiger partial charge in [-0.2, -0.15) is 0 Å². The lowest BCUT2D eigenvalue weighted by molar-refractivity contribution is 0.215. The predicted molar refractivity (Wildman–Crippen MR) is 258 cm³/mol. The van der Waals surface area contributed by atoms with E-state index in [1.807, 2.05) is 24.3 Å². The monoisotopic (exact) mass is 855 g/mol. The Morgan fingerprint density at radius 2 is 0.483 bits per heavy atom. The maximum absolute atomic E-state index is 10.8. The molecule has 0 heterocycles. The van der Waals surface area contributed by atoms with Crippen molar-refractivity contribution in [1.82, 2.24) is 0 Å². The van der Waals surface area contributed by atoms with Crippen LogP contribution < -0.4 is 0 Å². The quantitative estimate of drug-likeness (QED) is 0.114. The van der Waals surface area contributed by atoms with E-state index < -0.39 is 0 Å². The highest BCUT2D eigenvalue weighted by Gasteiger charge is 2.26. The number of aliphatic hydroxyl groups excluding tert-OH is 2. The lowest BCUT2D eigenvalue weighted by atomic mass is 9.81. The molecule has 0 amide bonds. The molecule has 0 spiro atoms. The minimum atomic E-state index is -0.167. The van der Waals surface area contributed by atoms with Crippen molar-refractivity contribution in [2.24, 2.45) is 0 Å². The van der Waals surface area contributed by atoms with Crippen LogP contribution in [0, 0.1) is 27.7 Å². The van der Waals surface area contributed by atoms with Crippen molar-refractivity contribution in [1.29, 1.82) is 0 Å². The maximum Gasteiger partial charge on any atom is 0.122 e. The highest BCUT2D eigenvalue weighted by molar-refractivity contribution is 5.76. The average molecular weight is 855 g/mol. The summed E-state index contributed by atoms with van der Waals surface area (Å²) in [5.41, 5.74) is 11.3. The summed E-state index contributed by atoms with van der Waals surface area (Å²) in [6.45, 7) is 40.3. The molecule has 0 aliphatic carbocycles. The summed E-state index contributed by atoms with van der Waals surface area (Å²) in [5.74, 6) is 1.38. The van der Waals surface area contributed by atoms with Crippen LogP contribution in [0.15, 0.2) is 48.5 Å². The van der Waals surface area contributed by atoms with Gasteiger partial charge in [0.15, 0.2) is 0 Å². The predicted octanol–water partition coefficient (Wildman–Crippen LogP) is 11.8. The average Bonchev–Trinajstić information content (AvgIpc) is 3.01. The number of hydrogen-bond donors (Lipinski definition) is 6. The molecule has 0 aliphatic rings. The summed E-state index contributed by atoms with van der Waals surface area (Å²) < 4.78 is 0. The molecule has 330 valence electrons. The number of phenols is 4. The SMILES string of the molecule is CC(C)O.CC(C)O.Cc1cc(Cc2cc(C)cc(C(C)(C)C)c2O)c(O)c(C(C)(C)C)c1.Cc1cc(Cc2cc(C)cc(C(C)(C)C)c2O)c(O)c(C(C)(C)C)c1.[Al].[Al]. The summed E-state index contributed by atoms with van der Waals surface area (Å²) in [6.07, 6.45) is 0.709. The van der Waals surface area contributed by atoms with Gasteiger partial charge in [0, 0.05) is 59.8 Å². The second kappa shape index (κ2) is 23.5. The normalized spacial score (nSPS) is 11.6. The summed E-state index contributed by atoms with van der Waals surface area (Å²) in [7, 11) is 0. The first-order chi connectivity index (χ1) is 26.1. The molecule has 0 aliphatic heterocycles. The van der Waals surface area contributed by atoms with E-state index in [1.165, 1.54) is 0 Å². The van der Waals surface area contributed by atoms with Gasteiger partial charge in [0.2, 0.25) is 0 Å². The van der Waals surface area contributed by atoms with Crippen molar-refractivity contribution in [2.75, 3.05) is 0 Å². The van der Waals surface area contributed by atoms with E-state index in [1.54, 1.807) is 27.7 Å². The molecule has 0 unspecified atom stereocenters. The van der Waals surface area contributed by atoms with Gasteiger partial charge in [-0.25, -0.2) is 0 Å². The Labute approximate surface area is 386 Å². The van der Waals surface area contributed by atoms with Crippen molar-refractivity contribution in [2.45, 2.75) is 185 Å². The zero-order valence-electron chi connectivity index (χ0n) is 41.0. The zero-order chi connectivity index (χ0) is 45.5. The fourth-order valence-electron chi connectivity index (χ4n) is 6.65. The van der Waals surface area contributed by atoms with Crippen LogP contribution in [0.2, 0.25) is 0 Å². The van der Waals surface area contributed by atoms with Gasteiger partial charge in [0.1, 0.15) is 23.0 Å². The van der Waals surface area contributed by atoms with Gasteiger partial charge < -0.3 is 30.6 Å². The molecule has 4 aromatic rings. The van der Waals surface area contributed by atoms with Gasteiger partial charge in [-0.1, -0.05) is 154 Å². The Kier molecular flexibility index (Phi) is 23.2. The molecular weight excluding hydrogens is 775 g/mol. The van der Waals surface area contributed by atoms with Gasteiger partial charge in [0.25, 0.3) is 0 Å². The van der Waals surface area contributed by atoms with Gasteiger partial charge in [-0.3, -0.25) is 0 Å². The summed E-state index contributed by atoms with van der Waals surface area (Å²) in [5, 5.41) is 59.4. The third kappa shape index (κ3) is 18.6. The molecule has 60 heavy (non-hydrogen) atoms. The number of hydrogen-bond acceptors (Lipinski definition) is 6. The van der Waals surface area contributed by atoms with Crippen molar-refractivity contribution in [3.8, 4) is 23.0 Å². The first kappa shape index (κ1) is 59.2. The van der Waals surface area contributed by atoms with E-state index in [0.717, 1.165) is 66.8 Å². The third-order valence-electron chi connectivity index (χ3n) is 9.33. The number of aryl methyl sites for hydroxylation is 4. The van der Waals surface area contributed by atoms with E-state index in [-0.39, 0.29) is 68.6 Å². The lowest BCUT2D eigenvalue weighted by Gasteiger charge is -2.25. The maximum atomic E-state index is 10.8. The highest BCUT2D eigenvalue weighted by atomic mass is 27.0. The van der Waals surface area contributed by atoms with Gasteiger partial charge in [-0.15, -0.1) is 0 Å². The Bertz CT molecular complexity index is 1680. The number of aromatic hydroxyl groups is 4. The van der Waals surface area contributed by atoms with Crippen LogP contribution in [0.3, 0.4) is 0 Å². The number of phenolic OH excluding ortho intramolecular Hbond substituents is 4. The fraction of sp³-hybridized carbons (Fsp3) is 0.538. The van der Waals surface area contributed by atoms with Crippen LogP contribution in [0.25, 0.3) is 0 Å². The smallest absolute Gasteiger partial charge is 0.122 e. The van der Waals surface area contributed by atoms with Crippen LogP contribution >= 0.6 is 0 Å². The second-order valence-corrected chi connectivity index (χ2v) is 20.8. The molecule has 4 aromatic carbocycles. The van der Waals surface area contributed by atoms with E-state index in [2.05, 4.69) is 135 Å². The standard InChI is InChI=1S/2C23H32O2.2C3H8O.2Al/c2*1-14-9-16(20(24)18(11-14)22(3,4)5)13-17-10-15(2)12-19(21(17)25)23(6,7)8;2*1-3(2)4;;/h2*9-12,24-25H,13H2,1-8H3;2*3-4H,1-2H3;;. The van der Waals surface area contributed by atoms with Crippen LogP contribution in [0.4, 0.5) is 0 Å². The number of rotatable bonds is 4. The molecule has 0 aromatic heterocycles. The minimum absolute atomic E-state index is 0. The van der Waals surface area contributed by atoms with Crippen LogP contribution in [-0.2, 0) is 34.5 Å². The van der Waals surface area contributed by atoms with Crippen LogP contribution in [0.5, 0.6) is 23.0 Å². The second-order valence-electron chi connectivity index (χ2n) is 20.8. The molecule has 0 saturated heterocycles. The van der Waals surface area contributed by atoms with Crippen molar-refractivity contribution in [3.63, 3.8) is 0 Å². The summed E-state index contributed by atoms with van der Waals surface area (Å²) >= 11 is 0. The van der Waals surface area contributed by atoms with Crippen molar-refractivity contribution >= 4 is 34.7 Å². The third-order valence-corrected chi connectivity index (χ3v) is 9.33. The van der Waals surface area contributed by atoms with Crippen molar-refractivity contribution < 1.29 is 30.6 Å². The highest BCUT2D eigenvalue weighted by Crippen LogP contribution is 2.41. The molecule has 6 radical (unpaired) electrons. The number of aliphatic hydroxyl groups is 2. The Morgan fingerprint density at radius 1 is 0.350 bits per heavy atom. The van der Waals surface area contributed by atoms with E-state index >= 15 is 0 Å². The molecular formula is C52H80Al2O6. The topological polar surface area (TPSA) is 121 Å². The van der Waals surface area contributed by atoms with Gasteiger partial charge >= 0.3 is 0 Å². The van der Waals surface area contributed by atoms with E-state index in [0.29, 0.717) is 35.8 Å². The largest absolute Gasteiger partial charge is 0.507 e. The first-order valence-electron chi connectivity index (χ1n) is 20.8. The Morgan fingerprint density at radius 3 is 0.600 bits per heavy atom. The molecule has 0 fully saturated rings. The molecule has 0 atom stereocenters. The molecule has 6 nitrogen and oxygen atoms in total.